The molecular weight excluding hydrogens is 153 g/mol. The van der Waals surface area contributed by atoms with Crippen molar-refractivity contribution in [1.82, 2.24) is 5.32 Å². The van der Waals surface area contributed by atoms with E-state index in [0.717, 1.165) is 25.9 Å². The first-order valence-electron chi connectivity index (χ1n) is 3.66. The average Bonchev–Trinajstić information content (AvgIpc) is 2.12. The first-order chi connectivity index (χ1) is 4.31. The molecule has 1 aliphatic heterocycles. The van der Waals surface area contributed by atoms with E-state index >= 15 is 0 Å². The zero-order valence-corrected chi connectivity index (χ0v) is 6.72. The van der Waals surface area contributed by atoms with E-state index in [1.807, 2.05) is 0 Å². The van der Waals surface area contributed by atoms with E-state index in [1.165, 1.54) is 6.42 Å². The molecule has 0 atom stereocenters. The van der Waals surface area contributed by atoms with Crippen LogP contribution in [0.3, 0.4) is 0 Å². The van der Waals surface area contributed by atoms with Gasteiger partial charge in [0.15, 0.2) is 0 Å². The molecule has 2 aliphatic rings. The Morgan fingerprint density at radius 1 is 1.40 bits per heavy atom. The molecule has 3 heteroatoms. The van der Waals surface area contributed by atoms with Gasteiger partial charge in [0.2, 0.25) is 0 Å². The van der Waals surface area contributed by atoms with E-state index in [2.05, 4.69) is 5.32 Å². The summed E-state index contributed by atoms with van der Waals surface area (Å²) in [7, 11) is 0. The molecule has 1 N–H and O–H groups in total. The molecule has 1 heterocycles. The van der Waals surface area contributed by atoms with E-state index < -0.39 is 6.17 Å². The van der Waals surface area contributed by atoms with Crippen LogP contribution in [0.4, 0.5) is 4.39 Å². The number of hydrogen-bond acceptors (Lipinski definition) is 1. The van der Waals surface area contributed by atoms with Gasteiger partial charge in [0, 0.05) is 6.54 Å². The molecule has 2 fully saturated rings. The van der Waals surface area contributed by atoms with Gasteiger partial charge in [0.25, 0.3) is 0 Å². The van der Waals surface area contributed by atoms with Crippen LogP contribution in [0.15, 0.2) is 0 Å². The SMILES string of the molecule is Cl.FC1CC2(CCNC2)C1. The highest BCUT2D eigenvalue weighted by molar-refractivity contribution is 5.85. The molecule has 0 unspecified atom stereocenters. The van der Waals surface area contributed by atoms with Crippen molar-refractivity contribution in [3.05, 3.63) is 0 Å². The second-order valence-electron chi connectivity index (χ2n) is 3.43. The summed E-state index contributed by atoms with van der Waals surface area (Å²) in [6, 6.07) is 0. The third-order valence-corrected chi connectivity index (χ3v) is 2.64. The van der Waals surface area contributed by atoms with E-state index in [0.29, 0.717) is 5.41 Å². The summed E-state index contributed by atoms with van der Waals surface area (Å²) in [5.74, 6) is 0. The van der Waals surface area contributed by atoms with Crippen molar-refractivity contribution < 1.29 is 4.39 Å². The van der Waals surface area contributed by atoms with E-state index in [1.54, 1.807) is 0 Å². The van der Waals surface area contributed by atoms with E-state index in [-0.39, 0.29) is 12.4 Å². The number of nitrogens with one attached hydrogen (secondary N) is 1. The molecule has 1 spiro atoms. The van der Waals surface area contributed by atoms with Crippen molar-refractivity contribution in [2.24, 2.45) is 5.41 Å². The summed E-state index contributed by atoms with van der Waals surface area (Å²) in [5.41, 5.74) is 0.402. The smallest absolute Gasteiger partial charge is 0.101 e. The van der Waals surface area contributed by atoms with Crippen LogP contribution in [-0.4, -0.2) is 19.3 Å². The highest BCUT2D eigenvalue weighted by Crippen LogP contribution is 2.46. The average molecular weight is 166 g/mol. The lowest BCUT2D eigenvalue weighted by Gasteiger charge is -2.40. The number of rotatable bonds is 0. The van der Waals surface area contributed by atoms with Crippen LogP contribution in [-0.2, 0) is 0 Å². The van der Waals surface area contributed by atoms with Gasteiger partial charge in [-0.2, -0.15) is 0 Å². The van der Waals surface area contributed by atoms with Crippen LogP contribution < -0.4 is 5.32 Å². The standard InChI is InChI=1S/C7H12FN.ClH/c8-6-3-7(4-6)1-2-9-5-7;/h6,9H,1-5H2;1H. The summed E-state index contributed by atoms with van der Waals surface area (Å²) in [6.45, 7) is 2.17. The van der Waals surface area contributed by atoms with E-state index in [9.17, 15) is 4.39 Å². The van der Waals surface area contributed by atoms with Gasteiger partial charge < -0.3 is 5.32 Å². The Hall–Kier alpha value is 0.180. The van der Waals surface area contributed by atoms with Gasteiger partial charge >= 0.3 is 0 Å². The molecule has 10 heavy (non-hydrogen) atoms. The first kappa shape index (κ1) is 8.28. The van der Waals surface area contributed by atoms with Crippen molar-refractivity contribution in [3.63, 3.8) is 0 Å². The van der Waals surface area contributed by atoms with Crippen molar-refractivity contribution in [2.45, 2.75) is 25.4 Å². The Morgan fingerprint density at radius 2 is 2.10 bits per heavy atom. The van der Waals surface area contributed by atoms with Crippen LogP contribution in [0.5, 0.6) is 0 Å². The molecule has 0 radical (unpaired) electrons. The molecule has 0 aromatic carbocycles. The predicted octanol–water partition coefficient (Wildman–Crippen LogP) is 1.52. The largest absolute Gasteiger partial charge is 0.316 e. The van der Waals surface area contributed by atoms with Gasteiger partial charge in [-0.25, -0.2) is 4.39 Å². The minimum absolute atomic E-state index is 0. The molecule has 60 valence electrons. The fourth-order valence-corrected chi connectivity index (χ4v) is 2.02. The molecular formula is C7H13ClFN. The molecule has 1 aliphatic carbocycles. The van der Waals surface area contributed by atoms with Gasteiger partial charge in [0.05, 0.1) is 0 Å². The maximum atomic E-state index is 12.4. The summed E-state index contributed by atoms with van der Waals surface area (Å²) >= 11 is 0. The van der Waals surface area contributed by atoms with Crippen molar-refractivity contribution in [3.8, 4) is 0 Å². The molecule has 2 rings (SSSR count). The Balaban J connectivity index is 0.000000500. The number of alkyl halides is 1. The highest BCUT2D eigenvalue weighted by atomic mass is 35.5. The van der Waals surface area contributed by atoms with Crippen molar-refractivity contribution >= 4 is 12.4 Å². The molecule has 0 amide bonds. The van der Waals surface area contributed by atoms with Crippen LogP contribution >= 0.6 is 12.4 Å². The molecule has 1 saturated carbocycles. The van der Waals surface area contributed by atoms with Crippen LogP contribution in [0, 0.1) is 5.41 Å². The minimum Gasteiger partial charge on any atom is -0.316 e. The first-order valence-corrected chi connectivity index (χ1v) is 3.66. The van der Waals surface area contributed by atoms with Crippen LogP contribution in [0.2, 0.25) is 0 Å². The van der Waals surface area contributed by atoms with Crippen molar-refractivity contribution in [1.29, 1.82) is 0 Å². The Kier molecular flexibility index (Phi) is 2.21. The lowest BCUT2D eigenvalue weighted by molar-refractivity contribution is 0.0435. The Bertz CT molecular complexity index is 115. The second kappa shape index (κ2) is 2.67. The lowest BCUT2D eigenvalue weighted by atomic mass is 9.67. The summed E-state index contributed by atoms with van der Waals surface area (Å²) in [6.07, 6.45) is 2.36. The van der Waals surface area contributed by atoms with Crippen LogP contribution in [0.25, 0.3) is 0 Å². The molecule has 1 saturated heterocycles. The maximum Gasteiger partial charge on any atom is 0.101 e. The third kappa shape index (κ3) is 1.15. The summed E-state index contributed by atoms with van der Waals surface area (Å²) in [5, 5.41) is 3.27. The third-order valence-electron chi connectivity index (χ3n) is 2.64. The zero-order chi connectivity index (χ0) is 6.32. The fraction of sp³-hybridized carbons (Fsp3) is 1.00. The summed E-state index contributed by atoms with van der Waals surface area (Å²) < 4.78 is 12.4. The summed E-state index contributed by atoms with van der Waals surface area (Å²) in [4.78, 5) is 0. The fourth-order valence-electron chi connectivity index (χ4n) is 2.02. The molecule has 0 aromatic rings. The quantitative estimate of drug-likeness (QED) is 0.574. The normalized spacial score (nSPS) is 44.7. The van der Waals surface area contributed by atoms with E-state index in [4.69, 9.17) is 0 Å². The molecule has 0 aromatic heterocycles. The number of halogens is 2. The number of hydrogen-bond donors (Lipinski definition) is 1. The van der Waals surface area contributed by atoms with Crippen molar-refractivity contribution in [2.75, 3.05) is 13.1 Å². The highest BCUT2D eigenvalue weighted by Gasteiger charge is 2.45. The maximum absolute atomic E-state index is 12.4. The van der Waals surface area contributed by atoms with Gasteiger partial charge in [-0.05, 0) is 31.2 Å². The monoisotopic (exact) mass is 165 g/mol. The van der Waals surface area contributed by atoms with Gasteiger partial charge in [0.1, 0.15) is 6.17 Å². The van der Waals surface area contributed by atoms with Crippen LogP contribution in [0.1, 0.15) is 19.3 Å². The molecule has 1 nitrogen and oxygen atoms in total. The van der Waals surface area contributed by atoms with Gasteiger partial charge in [-0.15, -0.1) is 12.4 Å². The Labute approximate surface area is 66.8 Å². The lowest BCUT2D eigenvalue weighted by Crippen LogP contribution is -2.40. The zero-order valence-electron chi connectivity index (χ0n) is 5.90. The Morgan fingerprint density at radius 3 is 2.50 bits per heavy atom. The molecule has 0 bridgehead atoms. The van der Waals surface area contributed by atoms with Gasteiger partial charge in [-0.1, -0.05) is 0 Å². The predicted molar refractivity (Wildman–Crippen MR) is 41.3 cm³/mol. The van der Waals surface area contributed by atoms with Gasteiger partial charge in [-0.3, -0.25) is 0 Å². The second-order valence-corrected chi connectivity index (χ2v) is 3.43. The topological polar surface area (TPSA) is 12.0 Å². The minimum atomic E-state index is -0.482.